The van der Waals surface area contributed by atoms with Gasteiger partial charge in [-0.25, -0.2) is 0 Å². The zero-order valence-electron chi connectivity index (χ0n) is 11.5. The van der Waals surface area contributed by atoms with Crippen LogP contribution in [0.1, 0.15) is 46.5 Å². The molecule has 17 heavy (non-hydrogen) atoms. The van der Waals surface area contributed by atoms with Crippen molar-refractivity contribution in [3.8, 4) is 0 Å². The quantitative estimate of drug-likeness (QED) is 0.820. The van der Waals surface area contributed by atoms with Gasteiger partial charge in [0.2, 0.25) is 0 Å². The van der Waals surface area contributed by atoms with Crippen LogP contribution in [0.5, 0.6) is 0 Å². The van der Waals surface area contributed by atoms with Crippen molar-refractivity contribution in [2.75, 3.05) is 19.7 Å². The van der Waals surface area contributed by atoms with E-state index in [1.807, 2.05) is 13.8 Å². The Morgan fingerprint density at radius 1 is 1.24 bits per heavy atom. The molecule has 3 unspecified atom stereocenters. The smallest absolute Gasteiger partial charge is 0.163 e. The summed E-state index contributed by atoms with van der Waals surface area (Å²) in [5.41, 5.74) is 0. The molecule has 0 radical (unpaired) electrons. The zero-order valence-corrected chi connectivity index (χ0v) is 11.5. The van der Waals surface area contributed by atoms with Crippen LogP contribution >= 0.6 is 0 Å². The SMILES string of the molecule is CC1CCCC(CNCC2COC(C)(C)O2)C1. The largest absolute Gasteiger partial charge is 0.348 e. The summed E-state index contributed by atoms with van der Waals surface area (Å²) in [5.74, 6) is 1.40. The number of hydrogen-bond acceptors (Lipinski definition) is 3. The molecule has 0 aromatic rings. The highest BCUT2D eigenvalue weighted by Gasteiger charge is 2.32. The van der Waals surface area contributed by atoms with Crippen molar-refractivity contribution >= 4 is 0 Å². The Morgan fingerprint density at radius 3 is 2.71 bits per heavy atom. The minimum atomic E-state index is -0.383. The second-order valence-corrected chi connectivity index (χ2v) is 6.25. The molecule has 1 aliphatic heterocycles. The molecule has 2 fully saturated rings. The molecule has 1 saturated carbocycles. The summed E-state index contributed by atoms with van der Waals surface area (Å²) in [4.78, 5) is 0. The van der Waals surface area contributed by atoms with Crippen LogP contribution in [0.4, 0.5) is 0 Å². The molecule has 1 saturated heterocycles. The Kier molecular flexibility index (Phi) is 4.45. The molecular weight excluding hydrogens is 214 g/mol. The van der Waals surface area contributed by atoms with Crippen LogP contribution in [0.2, 0.25) is 0 Å². The van der Waals surface area contributed by atoms with Crippen LogP contribution in [0.15, 0.2) is 0 Å². The van der Waals surface area contributed by atoms with Gasteiger partial charge in [0.05, 0.1) is 12.7 Å². The molecule has 0 amide bonds. The highest BCUT2D eigenvalue weighted by Crippen LogP contribution is 2.28. The van der Waals surface area contributed by atoms with E-state index in [-0.39, 0.29) is 11.9 Å². The fourth-order valence-electron chi connectivity index (χ4n) is 3.06. The molecule has 1 N–H and O–H groups in total. The minimum absolute atomic E-state index is 0.228. The molecule has 0 aromatic heterocycles. The van der Waals surface area contributed by atoms with E-state index in [4.69, 9.17) is 9.47 Å². The molecule has 1 aliphatic carbocycles. The van der Waals surface area contributed by atoms with Gasteiger partial charge in [-0.05, 0) is 45.1 Å². The van der Waals surface area contributed by atoms with E-state index in [1.165, 1.54) is 25.7 Å². The first-order chi connectivity index (χ1) is 8.05. The highest BCUT2D eigenvalue weighted by atomic mass is 16.7. The maximum atomic E-state index is 5.77. The van der Waals surface area contributed by atoms with Crippen molar-refractivity contribution in [1.29, 1.82) is 0 Å². The number of ether oxygens (including phenoxy) is 2. The van der Waals surface area contributed by atoms with E-state index in [1.54, 1.807) is 0 Å². The van der Waals surface area contributed by atoms with Crippen molar-refractivity contribution in [3.05, 3.63) is 0 Å². The fourth-order valence-corrected chi connectivity index (χ4v) is 3.06. The van der Waals surface area contributed by atoms with Crippen LogP contribution in [-0.2, 0) is 9.47 Å². The summed E-state index contributed by atoms with van der Waals surface area (Å²) in [5, 5.41) is 3.55. The molecule has 1 heterocycles. The Morgan fingerprint density at radius 2 is 2.06 bits per heavy atom. The highest BCUT2D eigenvalue weighted by molar-refractivity contribution is 4.76. The molecule has 2 rings (SSSR count). The van der Waals surface area contributed by atoms with E-state index < -0.39 is 0 Å². The van der Waals surface area contributed by atoms with Crippen LogP contribution < -0.4 is 5.32 Å². The molecule has 0 bridgehead atoms. The third-order valence-corrected chi connectivity index (χ3v) is 3.92. The predicted octanol–water partition coefficient (Wildman–Crippen LogP) is 2.55. The van der Waals surface area contributed by atoms with E-state index in [2.05, 4.69) is 12.2 Å². The van der Waals surface area contributed by atoms with Crippen molar-refractivity contribution < 1.29 is 9.47 Å². The number of rotatable bonds is 4. The van der Waals surface area contributed by atoms with Gasteiger partial charge < -0.3 is 14.8 Å². The van der Waals surface area contributed by atoms with Gasteiger partial charge in [0.15, 0.2) is 5.79 Å². The molecule has 3 atom stereocenters. The summed E-state index contributed by atoms with van der Waals surface area (Å²) in [6, 6.07) is 0. The lowest BCUT2D eigenvalue weighted by molar-refractivity contribution is -0.137. The van der Waals surface area contributed by atoms with Crippen LogP contribution in [0.25, 0.3) is 0 Å². The van der Waals surface area contributed by atoms with Gasteiger partial charge in [-0.15, -0.1) is 0 Å². The van der Waals surface area contributed by atoms with Crippen molar-refractivity contribution in [2.24, 2.45) is 11.8 Å². The first kappa shape index (κ1) is 13.3. The summed E-state index contributed by atoms with van der Waals surface area (Å²) in [6.45, 7) is 9.13. The van der Waals surface area contributed by atoms with E-state index in [0.717, 1.165) is 31.5 Å². The molecule has 3 heteroatoms. The summed E-state index contributed by atoms with van der Waals surface area (Å²) >= 11 is 0. The van der Waals surface area contributed by atoms with Gasteiger partial charge in [0.25, 0.3) is 0 Å². The average Bonchev–Trinajstić information content (AvgIpc) is 2.58. The van der Waals surface area contributed by atoms with Gasteiger partial charge in [0, 0.05) is 6.54 Å². The lowest BCUT2D eigenvalue weighted by atomic mass is 9.82. The van der Waals surface area contributed by atoms with Crippen LogP contribution in [-0.4, -0.2) is 31.6 Å². The summed E-state index contributed by atoms with van der Waals surface area (Å²) < 4.78 is 11.3. The molecule has 0 aromatic carbocycles. The fraction of sp³-hybridized carbons (Fsp3) is 1.00. The van der Waals surface area contributed by atoms with Crippen LogP contribution in [0, 0.1) is 11.8 Å². The second-order valence-electron chi connectivity index (χ2n) is 6.25. The van der Waals surface area contributed by atoms with Gasteiger partial charge in [-0.3, -0.25) is 0 Å². The van der Waals surface area contributed by atoms with Crippen molar-refractivity contribution in [2.45, 2.75) is 58.3 Å². The Labute approximate surface area is 105 Å². The van der Waals surface area contributed by atoms with E-state index in [0.29, 0.717) is 0 Å². The molecule has 2 aliphatic rings. The van der Waals surface area contributed by atoms with Crippen molar-refractivity contribution in [1.82, 2.24) is 5.32 Å². The molecule has 3 nitrogen and oxygen atoms in total. The maximum absolute atomic E-state index is 5.77. The summed E-state index contributed by atoms with van der Waals surface area (Å²) in [6.07, 6.45) is 5.84. The minimum Gasteiger partial charge on any atom is -0.348 e. The lowest BCUT2D eigenvalue weighted by Crippen LogP contribution is -2.34. The van der Waals surface area contributed by atoms with Gasteiger partial charge >= 0.3 is 0 Å². The Bertz CT molecular complexity index is 240. The first-order valence-corrected chi connectivity index (χ1v) is 7.07. The zero-order chi connectivity index (χ0) is 12.3. The predicted molar refractivity (Wildman–Crippen MR) is 68.9 cm³/mol. The Hall–Kier alpha value is -0.120. The second kappa shape index (κ2) is 5.68. The standard InChI is InChI=1S/C14H27NO2/c1-11-5-4-6-12(7-11)8-15-9-13-10-16-14(2,3)17-13/h11-13,15H,4-10H2,1-3H3. The van der Waals surface area contributed by atoms with E-state index in [9.17, 15) is 0 Å². The normalized spacial score (nSPS) is 37.2. The average molecular weight is 241 g/mol. The van der Waals surface area contributed by atoms with Gasteiger partial charge in [0.1, 0.15) is 0 Å². The van der Waals surface area contributed by atoms with E-state index >= 15 is 0 Å². The van der Waals surface area contributed by atoms with Crippen LogP contribution in [0.3, 0.4) is 0 Å². The molecular formula is C14H27NO2. The first-order valence-electron chi connectivity index (χ1n) is 7.07. The Balaban J connectivity index is 1.60. The third-order valence-electron chi connectivity index (χ3n) is 3.92. The number of nitrogens with one attached hydrogen (secondary N) is 1. The summed E-state index contributed by atoms with van der Waals surface area (Å²) in [7, 11) is 0. The lowest BCUT2D eigenvalue weighted by Gasteiger charge is -2.27. The monoisotopic (exact) mass is 241 g/mol. The molecule has 0 spiro atoms. The third kappa shape index (κ3) is 4.23. The topological polar surface area (TPSA) is 30.5 Å². The number of hydrogen-bond donors (Lipinski definition) is 1. The van der Waals surface area contributed by atoms with Gasteiger partial charge in [-0.1, -0.05) is 19.8 Å². The van der Waals surface area contributed by atoms with Gasteiger partial charge in [-0.2, -0.15) is 0 Å². The maximum Gasteiger partial charge on any atom is 0.163 e. The molecule has 100 valence electrons. The van der Waals surface area contributed by atoms with Crippen molar-refractivity contribution in [3.63, 3.8) is 0 Å².